The van der Waals surface area contributed by atoms with Gasteiger partial charge in [0.15, 0.2) is 5.78 Å². The summed E-state index contributed by atoms with van der Waals surface area (Å²) < 4.78 is 10.8. The van der Waals surface area contributed by atoms with Crippen LogP contribution in [0.4, 0.5) is 0 Å². The maximum Gasteiger partial charge on any atom is 0.186 e. The maximum atomic E-state index is 12.6. The first-order valence-corrected chi connectivity index (χ1v) is 6.30. The Balaban J connectivity index is 2.27. The van der Waals surface area contributed by atoms with Gasteiger partial charge in [0.1, 0.15) is 5.75 Å². The van der Waals surface area contributed by atoms with E-state index in [1.807, 2.05) is 19.1 Å². The molecule has 1 aromatic carbocycles. The first-order valence-electron chi connectivity index (χ1n) is 6.30. The van der Waals surface area contributed by atoms with Gasteiger partial charge in [-0.25, -0.2) is 0 Å². The van der Waals surface area contributed by atoms with Crippen molar-refractivity contribution in [2.75, 3.05) is 19.8 Å². The van der Waals surface area contributed by atoms with E-state index >= 15 is 0 Å². The predicted molar refractivity (Wildman–Crippen MR) is 68.9 cm³/mol. The van der Waals surface area contributed by atoms with Crippen LogP contribution in [-0.4, -0.2) is 31.1 Å². The molecule has 0 radical (unpaired) electrons. The fourth-order valence-corrected chi connectivity index (χ4v) is 2.17. The van der Waals surface area contributed by atoms with E-state index in [9.17, 15) is 4.79 Å². The molecule has 0 saturated carbocycles. The maximum absolute atomic E-state index is 12.6. The molecule has 4 nitrogen and oxygen atoms in total. The van der Waals surface area contributed by atoms with E-state index in [4.69, 9.17) is 15.2 Å². The third-order valence-corrected chi connectivity index (χ3v) is 3.27. The highest BCUT2D eigenvalue weighted by Crippen LogP contribution is 2.27. The van der Waals surface area contributed by atoms with Crippen LogP contribution in [0.1, 0.15) is 30.1 Å². The Kier molecular flexibility index (Phi) is 3.99. The van der Waals surface area contributed by atoms with E-state index in [2.05, 4.69) is 0 Å². The predicted octanol–water partition coefficient (Wildman–Crippen LogP) is 1.78. The first-order chi connectivity index (χ1) is 8.67. The van der Waals surface area contributed by atoms with E-state index in [0.29, 0.717) is 44.0 Å². The van der Waals surface area contributed by atoms with Gasteiger partial charge in [0.25, 0.3) is 0 Å². The van der Waals surface area contributed by atoms with Gasteiger partial charge in [0, 0.05) is 13.2 Å². The molecule has 1 fully saturated rings. The molecule has 0 amide bonds. The van der Waals surface area contributed by atoms with Gasteiger partial charge in [0.05, 0.1) is 17.7 Å². The Morgan fingerprint density at radius 3 is 2.72 bits per heavy atom. The Hall–Kier alpha value is -1.39. The third-order valence-electron chi connectivity index (χ3n) is 3.27. The molecule has 98 valence electrons. The zero-order valence-corrected chi connectivity index (χ0v) is 10.6. The number of benzene rings is 1. The van der Waals surface area contributed by atoms with E-state index < -0.39 is 5.54 Å². The van der Waals surface area contributed by atoms with Crippen LogP contribution in [0.3, 0.4) is 0 Å². The van der Waals surface area contributed by atoms with E-state index in [0.717, 1.165) is 0 Å². The molecule has 0 spiro atoms. The molecule has 1 heterocycles. The van der Waals surface area contributed by atoms with Gasteiger partial charge in [0.2, 0.25) is 0 Å². The Labute approximate surface area is 107 Å². The van der Waals surface area contributed by atoms with Crippen LogP contribution < -0.4 is 10.5 Å². The van der Waals surface area contributed by atoms with E-state index in [1.54, 1.807) is 12.1 Å². The van der Waals surface area contributed by atoms with Gasteiger partial charge >= 0.3 is 0 Å². The van der Waals surface area contributed by atoms with Crippen molar-refractivity contribution < 1.29 is 14.3 Å². The van der Waals surface area contributed by atoms with Gasteiger partial charge in [-0.1, -0.05) is 12.1 Å². The summed E-state index contributed by atoms with van der Waals surface area (Å²) in [7, 11) is 0. The number of ketones is 1. The topological polar surface area (TPSA) is 61.5 Å². The lowest BCUT2D eigenvalue weighted by Crippen LogP contribution is -2.52. The van der Waals surface area contributed by atoms with Crippen molar-refractivity contribution in [3.63, 3.8) is 0 Å². The van der Waals surface area contributed by atoms with Gasteiger partial charge < -0.3 is 15.2 Å². The van der Waals surface area contributed by atoms with Crippen molar-refractivity contribution in [1.82, 2.24) is 0 Å². The zero-order chi connectivity index (χ0) is 13.0. The standard InChI is InChI=1S/C14H19NO3/c1-2-18-12-6-4-3-5-11(12)13(16)14(15)7-9-17-10-8-14/h3-6H,2,7-10,15H2,1H3. The van der Waals surface area contributed by atoms with Gasteiger partial charge in [-0.2, -0.15) is 0 Å². The summed E-state index contributed by atoms with van der Waals surface area (Å²) in [6.07, 6.45) is 1.12. The number of rotatable bonds is 4. The fourth-order valence-electron chi connectivity index (χ4n) is 2.17. The highest BCUT2D eigenvalue weighted by Gasteiger charge is 2.37. The largest absolute Gasteiger partial charge is 0.493 e. The molecule has 1 aromatic rings. The molecule has 1 aliphatic heterocycles. The average molecular weight is 249 g/mol. The number of carbonyl (C=O) groups is 1. The number of hydrogen-bond donors (Lipinski definition) is 1. The Morgan fingerprint density at radius 2 is 2.06 bits per heavy atom. The molecule has 0 bridgehead atoms. The number of hydrogen-bond acceptors (Lipinski definition) is 4. The third kappa shape index (κ3) is 2.54. The van der Waals surface area contributed by atoms with E-state index in [1.165, 1.54) is 0 Å². The normalized spacial score (nSPS) is 18.3. The minimum Gasteiger partial charge on any atom is -0.493 e. The quantitative estimate of drug-likeness (QED) is 0.826. The second-order valence-electron chi connectivity index (χ2n) is 4.53. The second-order valence-corrected chi connectivity index (χ2v) is 4.53. The fraction of sp³-hybridized carbons (Fsp3) is 0.500. The van der Waals surface area contributed by atoms with Gasteiger partial charge in [-0.05, 0) is 31.9 Å². The van der Waals surface area contributed by atoms with E-state index in [-0.39, 0.29) is 5.78 Å². The SMILES string of the molecule is CCOc1ccccc1C(=O)C1(N)CCOCC1. The van der Waals surface area contributed by atoms with Crippen molar-refractivity contribution >= 4 is 5.78 Å². The van der Waals surface area contributed by atoms with Gasteiger partial charge in [-0.15, -0.1) is 0 Å². The average Bonchev–Trinajstić information content (AvgIpc) is 2.40. The molecule has 1 aliphatic rings. The summed E-state index contributed by atoms with van der Waals surface area (Å²) in [5.74, 6) is 0.566. The summed E-state index contributed by atoms with van der Waals surface area (Å²) in [6, 6.07) is 7.27. The van der Waals surface area contributed by atoms with Crippen molar-refractivity contribution in [1.29, 1.82) is 0 Å². The van der Waals surface area contributed by atoms with Crippen LogP contribution in [0.2, 0.25) is 0 Å². The molecule has 2 N–H and O–H groups in total. The van der Waals surface area contributed by atoms with Crippen molar-refractivity contribution in [2.45, 2.75) is 25.3 Å². The zero-order valence-electron chi connectivity index (χ0n) is 10.6. The summed E-state index contributed by atoms with van der Waals surface area (Å²) in [5.41, 5.74) is 5.97. The second kappa shape index (κ2) is 5.50. The lowest BCUT2D eigenvalue weighted by molar-refractivity contribution is 0.0445. The summed E-state index contributed by atoms with van der Waals surface area (Å²) >= 11 is 0. The molecular formula is C14H19NO3. The summed E-state index contributed by atoms with van der Waals surface area (Å²) in [6.45, 7) is 3.51. The monoisotopic (exact) mass is 249 g/mol. The highest BCUT2D eigenvalue weighted by molar-refractivity contribution is 6.05. The number of carbonyl (C=O) groups excluding carboxylic acids is 1. The smallest absolute Gasteiger partial charge is 0.186 e. The number of ether oxygens (including phenoxy) is 2. The number of Topliss-reactive ketones (excluding diaryl/α,β-unsaturated/α-hetero) is 1. The van der Waals surface area contributed by atoms with Crippen LogP contribution in [-0.2, 0) is 4.74 Å². The van der Waals surface area contributed by atoms with Crippen LogP contribution in [0.5, 0.6) is 5.75 Å². The lowest BCUT2D eigenvalue weighted by Gasteiger charge is -2.32. The molecule has 2 rings (SSSR count). The number of para-hydroxylation sites is 1. The molecule has 0 unspecified atom stereocenters. The highest BCUT2D eigenvalue weighted by atomic mass is 16.5. The molecule has 4 heteroatoms. The van der Waals surface area contributed by atoms with Crippen molar-refractivity contribution in [3.05, 3.63) is 29.8 Å². The van der Waals surface area contributed by atoms with Crippen molar-refractivity contribution in [3.8, 4) is 5.75 Å². The number of nitrogens with two attached hydrogens (primary N) is 1. The van der Waals surface area contributed by atoms with Crippen LogP contribution in [0, 0.1) is 0 Å². The molecule has 18 heavy (non-hydrogen) atoms. The van der Waals surface area contributed by atoms with Crippen molar-refractivity contribution in [2.24, 2.45) is 5.73 Å². The Bertz CT molecular complexity index is 425. The minimum atomic E-state index is -0.814. The lowest BCUT2D eigenvalue weighted by atomic mass is 9.83. The molecular weight excluding hydrogens is 230 g/mol. The van der Waals surface area contributed by atoms with Gasteiger partial charge in [-0.3, -0.25) is 4.79 Å². The molecule has 0 aliphatic carbocycles. The summed E-state index contributed by atoms with van der Waals surface area (Å²) in [4.78, 5) is 12.6. The first kappa shape index (κ1) is 13.1. The van der Waals surface area contributed by atoms with Crippen LogP contribution in [0.25, 0.3) is 0 Å². The molecule has 1 saturated heterocycles. The minimum absolute atomic E-state index is 0.0464. The van der Waals surface area contributed by atoms with Crippen LogP contribution >= 0.6 is 0 Å². The molecule has 0 atom stereocenters. The Morgan fingerprint density at radius 1 is 1.39 bits per heavy atom. The molecule has 0 aromatic heterocycles. The van der Waals surface area contributed by atoms with Crippen LogP contribution in [0.15, 0.2) is 24.3 Å². The summed E-state index contributed by atoms with van der Waals surface area (Å²) in [5, 5.41) is 0.